The Bertz CT molecular complexity index is 1480. The van der Waals surface area contributed by atoms with Gasteiger partial charge in [0.15, 0.2) is 11.6 Å². The van der Waals surface area contributed by atoms with Gasteiger partial charge in [0.2, 0.25) is 0 Å². The van der Waals surface area contributed by atoms with Gasteiger partial charge in [0, 0.05) is 94.5 Å². The van der Waals surface area contributed by atoms with E-state index in [1.54, 1.807) is 12.2 Å². The van der Waals surface area contributed by atoms with Crippen LogP contribution in [0.4, 0.5) is 0 Å². The molecule has 6 aliphatic carbocycles. The Labute approximate surface area is 311 Å². The number of hydrogen-bond donors (Lipinski definition) is 0. The Morgan fingerprint density at radius 1 is 0.750 bits per heavy atom. The minimum absolute atomic E-state index is 0. The van der Waals surface area contributed by atoms with Crippen molar-refractivity contribution in [2.45, 2.75) is 85.5 Å². The van der Waals surface area contributed by atoms with Crippen LogP contribution in [0, 0.1) is 52.3 Å². The summed E-state index contributed by atoms with van der Waals surface area (Å²) >= 11 is 0. The minimum atomic E-state index is -0.393. The van der Waals surface area contributed by atoms with Crippen LogP contribution >= 0.6 is 0 Å². The van der Waals surface area contributed by atoms with Gasteiger partial charge in [-0.15, -0.1) is 10.8 Å². The number of ketones is 2. The van der Waals surface area contributed by atoms with Gasteiger partial charge in [0.25, 0.3) is 0 Å². The topological polar surface area (TPSA) is 86.7 Å². The molecule has 228 valence electrons. The monoisotopic (exact) mass is 746 g/mol. The smallest absolute Gasteiger partial charge is 0.340 e. The summed E-state index contributed by atoms with van der Waals surface area (Å²) in [5.41, 5.74) is 2.72. The van der Waals surface area contributed by atoms with E-state index in [-0.39, 0.29) is 123 Å². The standard InChI is InChI=1S/C18H21O3.C18H19O3.2Y/c2*1-17-7-3-4-12(17)15-13(6-8-17)18(2)9-5-11(19)10-14(18)16(20)21-15;;/h5,7,9,13-14H,3-4,6,8,10H2,1-2H3;5,7,9-10,13H,3-4,6,8H2,1-2H3;;/q2*-1;;. The number of carbonyl (C=O) groups excluding carboxylic acids is 4. The van der Waals surface area contributed by atoms with Gasteiger partial charge in [0.05, 0.1) is 11.5 Å². The van der Waals surface area contributed by atoms with Crippen molar-refractivity contribution in [3.63, 3.8) is 0 Å². The average molecular weight is 747 g/mol. The van der Waals surface area contributed by atoms with Crippen LogP contribution < -0.4 is 0 Å². The maximum Gasteiger partial charge on any atom is 0.340 e. The van der Waals surface area contributed by atoms with Crippen LogP contribution in [0.1, 0.15) is 85.5 Å². The van der Waals surface area contributed by atoms with E-state index in [4.69, 9.17) is 9.47 Å². The molecule has 8 aliphatic rings. The first-order chi connectivity index (χ1) is 19.9. The fourth-order valence-corrected chi connectivity index (χ4v) is 9.39. The number of carbonyl (C=O) groups is 4. The van der Waals surface area contributed by atoms with Crippen molar-refractivity contribution < 1.29 is 94.1 Å². The van der Waals surface area contributed by atoms with Crippen molar-refractivity contribution in [3.05, 3.63) is 71.5 Å². The molecule has 2 aliphatic heterocycles. The largest absolute Gasteiger partial charge is 0.431 e. The molecular formula is C36H40O6Y2-2. The molecule has 7 atom stereocenters. The van der Waals surface area contributed by atoms with Crippen molar-refractivity contribution in [2.75, 3.05) is 0 Å². The molecule has 8 heteroatoms. The number of allylic oxidation sites excluding steroid dienone is 9. The molecule has 2 saturated carbocycles. The second-order valence-electron chi connectivity index (χ2n) is 14.5. The van der Waals surface area contributed by atoms with E-state index in [0.29, 0.717) is 12.0 Å². The minimum Gasteiger partial charge on any atom is -0.431 e. The molecule has 7 unspecified atom stereocenters. The first kappa shape index (κ1) is 34.5. The van der Waals surface area contributed by atoms with Crippen molar-refractivity contribution in [1.82, 2.24) is 0 Å². The maximum absolute atomic E-state index is 12.5. The maximum atomic E-state index is 12.5. The predicted molar refractivity (Wildman–Crippen MR) is 156 cm³/mol. The second kappa shape index (κ2) is 12.0. The molecule has 0 spiro atoms. The molecule has 0 aromatic rings. The number of ether oxygens (including phenoxy) is 2. The third kappa shape index (κ3) is 5.19. The van der Waals surface area contributed by atoms with E-state index in [1.807, 2.05) is 12.2 Å². The Hall–Kier alpha value is -0.812. The Morgan fingerprint density at radius 2 is 1.34 bits per heavy atom. The third-order valence-corrected chi connectivity index (χ3v) is 12.1. The van der Waals surface area contributed by atoms with Crippen LogP contribution in [0.2, 0.25) is 0 Å². The summed E-state index contributed by atoms with van der Waals surface area (Å²) in [7, 11) is 0. The fourth-order valence-electron chi connectivity index (χ4n) is 9.39. The Balaban J connectivity index is 0.000000167. The van der Waals surface area contributed by atoms with Crippen LogP contribution in [0.3, 0.4) is 0 Å². The van der Waals surface area contributed by atoms with E-state index < -0.39 is 5.41 Å². The number of esters is 2. The molecular weight excluding hydrogens is 706 g/mol. The third-order valence-electron chi connectivity index (χ3n) is 12.1. The molecule has 44 heavy (non-hydrogen) atoms. The van der Waals surface area contributed by atoms with Gasteiger partial charge in [0.1, 0.15) is 11.5 Å². The second-order valence-corrected chi connectivity index (χ2v) is 14.5. The molecule has 2 radical (unpaired) electrons. The molecule has 8 rings (SSSR count). The van der Waals surface area contributed by atoms with Crippen LogP contribution in [-0.4, -0.2) is 23.5 Å². The average Bonchev–Trinajstić information content (AvgIpc) is 3.54. The van der Waals surface area contributed by atoms with Gasteiger partial charge in [-0.3, -0.25) is 14.4 Å². The van der Waals surface area contributed by atoms with E-state index in [1.165, 1.54) is 17.2 Å². The Morgan fingerprint density at radius 3 is 1.98 bits per heavy atom. The van der Waals surface area contributed by atoms with Gasteiger partial charge in [-0.25, -0.2) is 4.79 Å². The van der Waals surface area contributed by atoms with Crippen LogP contribution in [-0.2, 0) is 94.1 Å². The molecule has 0 amide bonds. The molecule has 2 heterocycles. The molecule has 6 nitrogen and oxygen atoms in total. The van der Waals surface area contributed by atoms with E-state index >= 15 is 0 Å². The van der Waals surface area contributed by atoms with Crippen molar-refractivity contribution >= 4 is 23.5 Å². The van der Waals surface area contributed by atoms with Crippen LogP contribution in [0.25, 0.3) is 0 Å². The van der Waals surface area contributed by atoms with E-state index in [9.17, 15) is 19.2 Å². The normalized spacial score (nSPS) is 41.2. The summed E-state index contributed by atoms with van der Waals surface area (Å²) in [6, 6.07) is 0. The number of rotatable bonds is 0. The van der Waals surface area contributed by atoms with Crippen molar-refractivity contribution in [1.29, 1.82) is 0 Å². The van der Waals surface area contributed by atoms with Gasteiger partial charge in [-0.05, 0) is 31.1 Å². The summed E-state index contributed by atoms with van der Waals surface area (Å²) in [5, 5.41) is 0. The van der Waals surface area contributed by atoms with Gasteiger partial charge in [-0.2, -0.15) is 12.8 Å². The molecule has 0 bridgehead atoms. The number of hydrogen-bond acceptors (Lipinski definition) is 6. The van der Waals surface area contributed by atoms with Crippen molar-refractivity contribution in [3.8, 4) is 0 Å². The molecule has 0 aromatic heterocycles. The van der Waals surface area contributed by atoms with Crippen molar-refractivity contribution in [2.24, 2.45) is 39.4 Å². The number of fused-ring (bicyclic) bond motifs is 8. The SMILES string of the molecule is CC12[CH-]CCC1=C1OC(=O)C3=CC(=O)C=CC3(C)C1CC2.CC12[CH-]CCC1=C1OC(=O)C3CC(=O)C=CC3(C)C1CC2.[Y].[Y]. The summed E-state index contributed by atoms with van der Waals surface area (Å²) in [6.45, 7) is 8.71. The van der Waals surface area contributed by atoms with Gasteiger partial charge in [-0.1, -0.05) is 76.7 Å². The first-order valence-electron chi connectivity index (χ1n) is 15.7. The summed E-state index contributed by atoms with van der Waals surface area (Å²) in [5.74, 6) is 1.32. The van der Waals surface area contributed by atoms with Crippen LogP contribution in [0.15, 0.2) is 58.6 Å². The zero-order valence-electron chi connectivity index (χ0n) is 26.2. The Kier molecular flexibility index (Phi) is 9.42. The predicted octanol–water partition coefficient (Wildman–Crippen LogP) is 6.64. The summed E-state index contributed by atoms with van der Waals surface area (Å²) in [4.78, 5) is 48.2. The quantitative estimate of drug-likeness (QED) is 0.204. The van der Waals surface area contributed by atoms with E-state index in [0.717, 1.165) is 62.9 Å². The zero-order chi connectivity index (χ0) is 29.7. The zero-order valence-corrected chi connectivity index (χ0v) is 31.9. The molecule has 0 aromatic carbocycles. The molecule has 4 fully saturated rings. The van der Waals surface area contributed by atoms with Gasteiger partial charge >= 0.3 is 11.9 Å². The first-order valence-corrected chi connectivity index (χ1v) is 15.7. The summed E-state index contributed by atoms with van der Waals surface area (Å²) < 4.78 is 11.5. The van der Waals surface area contributed by atoms with Gasteiger partial charge < -0.3 is 22.3 Å². The molecule has 2 saturated heterocycles. The fraction of sp³-hybridized carbons (Fsp3) is 0.556. The van der Waals surface area contributed by atoms with Crippen LogP contribution in [0.5, 0.6) is 0 Å². The molecule has 0 N–H and O–H groups in total. The van der Waals surface area contributed by atoms with E-state index in [2.05, 4.69) is 40.5 Å². The summed E-state index contributed by atoms with van der Waals surface area (Å²) in [6.07, 6.45) is 22.1.